The Kier molecular flexibility index (Phi) is 4.31. The van der Waals surface area contributed by atoms with Gasteiger partial charge in [0.2, 0.25) is 0 Å². The van der Waals surface area contributed by atoms with Crippen LogP contribution in [0.25, 0.3) is 16.8 Å². The van der Waals surface area contributed by atoms with Gasteiger partial charge in [0, 0.05) is 17.5 Å². The largest absolute Gasteiger partial charge is 0.462 e. The van der Waals surface area contributed by atoms with Gasteiger partial charge in [-0.3, -0.25) is 9.89 Å². The molecule has 0 radical (unpaired) electrons. The van der Waals surface area contributed by atoms with Gasteiger partial charge in [-0.05, 0) is 31.5 Å². The molecule has 136 valence electrons. The fourth-order valence-corrected chi connectivity index (χ4v) is 2.67. The van der Waals surface area contributed by atoms with Gasteiger partial charge in [0.25, 0.3) is 5.56 Å². The lowest BCUT2D eigenvalue weighted by Gasteiger charge is -2.08. The zero-order chi connectivity index (χ0) is 19.1. The van der Waals surface area contributed by atoms with Gasteiger partial charge in [0.15, 0.2) is 5.65 Å². The van der Waals surface area contributed by atoms with Crippen LogP contribution in [0.2, 0.25) is 0 Å². The van der Waals surface area contributed by atoms with Gasteiger partial charge in [0.05, 0.1) is 12.2 Å². The summed E-state index contributed by atoms with van der Waals surface area (Å²) in [7, 11) is 0. The first-order valence-corrected chi connectivity index (χ1v) is 7.69. The van der Waals surface area contributed by atoms with Crippen molar-refractivity contribution < 1.29 is 22.7 Å². The van der Waals surface area contributed by atoms with Crippen LogP contribution in [0, 0.1) is 6.92 Å². The van der Waals surface area contributed by atoms with Crippen LogP contribution in [0.1, 0.15) is 28.5 Å². The molecule has 0 spiro atoms. The molecule has 0 aliphatic carbocycles. The lowest BCUT2D eigenvalue weighted by Crippen LogP contribution is -2.24. The number of carbonyl (C=O) groups excluding carboxylic acids is 1. The van der Waals surface area contributed by atoms with Crippen molar-refractivity contribution in [3.05, 3.63) is 57.6 Å². The van der Waals surface area contributed by atoms with Crippen molar-refractivity contribution in [2.24, 2.45) is 0 Å². The third-order valence-electron chi connectivity index (χ3n) is 3.81. The van der Waals surface area contributed by atoms with Crippen molar-refractivity contribution in [3.8, 4) is 11.1 Å². The highest BCUT2D eigenvalue weighted by Crippen LogP contribution is 2.34. The van der Waals surface area contributed by atoms with E-state index in [1.807, 2.05) is 0 Å². The number of esters is 1. The first-order chi connectivity index (χ1) is 12.2. The van der Waals surface area contributed by atoms with Crippen molar-refractivity contribution in [1.29, 1.82) is 0 Å². The first-order valence-electron chi connectivity index (χ1n) is 7.69. The van der Waals surface area contributed by atoms with Gasteiger partial charge in [-0.1, -0.05) is 12.1 Å². The number of hydrogen-bond donors (Lipinski definition) is 1. The summed E-state index contributed by atoms with van der Waals surface area (Å²) >= 11 is 0. The zero-order valence-electron chi connectivity index (χ0n) is 13.8. The smallest absolute Gasteiger partial charge is 0.416 e. The van der Waals surface area contributed by atoms with Gasteiger partial charge in [0.1, 0.15) is 5.56 Å². The SMILES string of the molecule is CCOC(=O)c1cnc2c(-c3cccc(C(F)(F)F)c3)c(C)[nH]n2c1=O. The molecule has 0 unspecified atom stereocenters. The molecule has 1 aromatic carbocycles. The van der Waals surface area contributed by atoms with E-state index in [0.717, 1.165) is 22.8 Å². The molecule has 1 N–H and O–H groups in total. The second-order valence-electron chi connectivity index (χ2n) is 5.55. The summed E-state index contributed by atoms with van der Waals surface area (Å²) in [6, 6.07) is 4.73. The van der Waals surface area contributed by atoms with Crippen LogP contribution >= 0.6 is 0 Å². The Morgan fingerprint density at radius 2 is 2.08 bits per heavy atom. The number of H-pyrrole nitrogens is 1. The molecule has 0 saturated carbocycles. The molecule has 3 rings (SSSR count). The summed E-state index contributed by atoms with van der Waals surface area (Å²) in [5, 5.41) is 2.74. The monoisotopic (exact) mass is 365 g/mol. The quantitative estimate of drug-likeness (QED) is 0.723. The van der Waals surface area contributed by atoms with Crippen LogP contribution in [0.15, 0.2) is 35.3 Å². The number of benzene rings is 1. The minimum absolute atomic E-state index is 0.0974. The van der Waals surface area contributed by atoms with Crippen molar-refractivity contribution in [3.63, 3.8) is 0 Å². The van der Waals surface area contributed by atoms with E-state index < -0.39 is 23.3 Å². The molecule has 0 fully saturated rings. The van der Waals surface area contributed by atoms with Gasteiger partial charge < -0.3 is 4.74 Å². The maximum atomic E-state index is 13.0. The van der Waals surface area contributed by atoms with Gasteiger partial charge in [-0.2, -0.15) is 13.2 Å². The molecule has 0 bridgehead atoms. The van der Waals surface area contributed by atoms with E-state index in [0.29, 0.717) is 11.3 Å². The molecule has 0 saturated heterocycles. The number of hydrogen-bond acceptors (Lipinski definition) is 4. The fraction of sp³-hybridized carbons (Fsp3) is 0.235. The van der Waals surface area contributed by atoms with Crippen molar-refractivity contribution in [2.75, 3.05) is 6.61 Å². The Bertz CT molecular complexity index is 1050. The Morgan fingerprint density at radius 3 is 2.73 bits per heavy atom. The Balaban J connectivity index is 2.20. The maximum absolute atomic E-state index is 13.0. The van der Waals surface area contributed by atoms with E-state index in [2.05, 4.69) is 10.1 Å². The molecule has 6 nitrogen and oxygen atoms in total. The average Bonchev–Trinajstić information content (AvgIpc) is 2.92. The molecule has 2 aromatic heterocycles. The summed E-state index contributed by atoms with van der Waals surface area (Å²) in [5.74, 6) is -0.813. The predicted molar refractivity (Wildman–Crippen MR) is 86.9 cm³/mol. The van der Waals surface area contributed by atoms with Crippen molar-refractivity contribution in [2.45, 2.75) is 20.0 Å². The van der Waals surface area contributed by atoms with E-state index in [-0.39, 0.29) is 23.4 Å². The van der Waals surface area contributed by atoms with E-state index in [1.54, 1.807) is 13.8 Å². The summed E-state index contributed by atoms with van der Waals surface area (Å²) in [5.41, 5.74) is -0.583. The Morgan fingerprint density at radius 1 is 1.35 bits per heavy atom. The molecule has 0 amide bonds. The number of alkyl halides is 3. The second-order valence-corrected chi connectivity index (χ2v) is 5.55. The number of fused-ring (bicyclic) bond motifs is 1. The zero-order valence-corrected chi connectivity index (χ0v) is 13.8. The van der Waals surface area contributed by atoms with Crippen molar-refractivity contribution >= 4 is 11.6 Å². The van der Waals surface area contributed by atoms with Crippen LogP contribution in [-0.2, 0) is 10.9 Å². The third-order valence-corrected chi connectivity index (χ3v) is 3.81. The predicted octanol–water partition coefficient (Wildman–Crippen LogP) is 3.19. The molecule has 9 heteroatoms. The van der Waals surface area contributed by atoms with Crippen LogP contribution < -0.4 is 5.56 Å². The van der Waals surface area contributed by atoms with Crippen LogP contribution in [0.4, 0.5) is 13.2 Å². The summed E-state index contributed by atoms with van der Waals surface area (Å²) in [4.78, 5) is 28.4. The molecular weight excluding hydrogens is 351 g/mol. The van der Waals surface area contributed by atoms with E-state index in [4.69, 9.17) is 4.74 Å². The molecule has 26 heavy (non-hydrogen) atoms. The molecular formula is C17H14F3N3O3. The Hall–Kier alpha value is -3.10. The number of ether oxygens (including phenoxy) is 1. The van der Waals surface area contributed by atoms with Gasteiger partial charge in [-0.15, -0.1) is 0 Å². The minimum Gasteiger partial charge on any atom is -0.462 e. The number of nitrogens with zero attached hydrogens (tertiary/aromatic N) is 2. The highest BCUT2D eigenvalue weighted by atomic mass is 19.4. The fourth-order valence-electron chi connectivity index (χ4n) is 2.67. The van der Waals surface area contributed by atoms with E-state index >= 15 is 0 Å². The number of aromatic amines is 1. The van der Waals surface area contributed by atoms with Crippen molar-refractivity contribution in [1.82, 2.24) is 14.6 Å². The van der Waals surface area contributed by atoms with Crippen LogP contribution in [-0.4, -0.2) is 27.2 Å². The molecule has 0 aliphatic rings. The summed E-state index contributed by atoms with van der Waals surface area (Å²) < 4.78 is 44.7. The molecule has 0 atom stereocenters. The maximum Gasteiger partial charge on any atom is 0.416 e. The van der Waals surface area contributed by atoms with E-state index in [9.17, 15) is 22.8 Å². The minimum atomic E-state index is -4.49. The second kappa shape index (κ2) is 6.32. The first kappa shape index (κ1) is 17.7. The highest BCUT2D eigenvalue weighted by Gasteiger charge is 2.31. The lowest BCUT2D eigenvalue weighted by molar-refractivity contribution is -0.137. The summed E-state index contributed by atoms with van der Waals surface area (Å²) in [6.07, 6.45) is -3.42. The van der Waals surface area contributed by atoms with Gasteiger partial charge in [-0.25, -0.2) is 14.3 Å². The Labute approximate surface area is 145 Å². The number of aryl methyl sites for hydroxylation is 1. The van der Waals surface area contributed by atoms with Gasteiger partial charge >= 0.3 is 12.1 Å². The molecule has 0 aliphatic heterocycles. The standard InChI is InChI=1S/C17H14F3N3O3/c1-3-26-16(25)12-8-21-14-13(9(2)22-23(14)15(12)24)10-5-4-6-11(7-10)17(18,19)20/h4-8,22H,3H2,1-2H3. The lowest BCUT2D eigenvalue weighted by atomic mass is 10.0. The third kappa shape index (κ3) is 2.96. The normalized spacial score (nSPS) is 11.7. The van der Waals surface area contributed by atoms with Crippen LogP contribution in [0.5, 0.6) is 0 Å². The average molecular weight is 365 g/mol. The number of halogens is 3. The number of aromatic nitrogens is 3. The summed E-state index contributed by atoms with van der Waals surface area (Å²) in [6.45, 7) is 3.31. The van der Waals surface area contributed by atoms with E-state index in [1.165, 1.54) is 12.1 Å². The number of rotatable bonds is 3. The topological polar surface area (TPSA) is 76.5 Å². The number of carbonyl (C=O) groups is 1. The van der Waals surface area contributed by atoms with Crippen LogP contribution in [0.3, 0.4) is 0 Å². The highest BCUT2D eigenvalue weighted by molar-refractivity contribution is 5.89. The molecule has 2 heterocycles. The number of nitrogens with one attached hydrogen (secondary N) is 1. The molecule has 3 aromatic rings.